The number of aryl methyl sites for hydroxylation is 2. The number of carbonyl (C=O) groups excluding carboxylic acids is 1. The van der Waals surface area contributed by atoms with Gasteiger partial charge in [0.05, 0.1) is 30.4 Å². The van der Waals surface area contributed by atoms with Crippen LogP contribution in [-0.2, 0) is 21.1 Å². The number of aromatic nitrogens is 2. The van der Waals surface area contributed by atoms with Crippen molar-refractivity contribution in [3.8, 4) is 5.75 Å². The third-order valence-electron chi connectivity index (χ3n) is 4.45. The van der Waals surface area contributed by atoms with Crippen molar-refractivity contribution in [2.75, 3.05) is 23.9 Å². The SMILES string of the molecule is COc1cccc(CCC(=O)Nc2cc(C)nn2C2CCS(=O)(=O)C2)c1. The molecule has 3 rings (SSSR count). The molecule has 1 N–H and O–H groups in total. The van der Waals surface area contributed by atoms with Gasteiger partial charge in [0.15, 0.2) is 9.84 Å². The second-order valence-electron chi connectivity index (χ2n) is 6.57. The molecule has 2 heterocycles. The fourth-order valence-electron chi connectivity index (χ4n) is 3.15. The summed E-state index contributed by atoms with van der Waals surface area (Å²) in [5.74, 6) is 1.43. The van der Waals surface area contributed by atoms with Gasteiger partial charge in [-0.2, -0.15) is 5.10 Å². The molecule has 0 radical (unpaired) electrons. The van der Waals surface area contributed by atoms with Crippen LogP contribution in [0.4, 0.5) is 5.82 Å². The van der Waals surface area contributed by atoms with E-state index in [0.29, 0.717) is 25.1 Å². The highest BCUT2D eigenvalue weighted by atomic mass is 32.2. The van der Waals surface area contributed by atoms with E-state index in [-0.39, 0.29) is 23.5 Å². The summed E-state index contributed by atoms with van der Waals surface area (Å²) in [5.41, 5.74) is 1.77. The van der Waals surface area contributed by atoms with Crippen molar-refractivity contribution in [3.05, 3.63) is 41.6 Å². The maximum absolute atomic E-state index is 12.3. The summed E-state index contributed by atoms with van der Waals surface area (Å²) in [4.78, 5) is 12.3. The zero-order valence-corrected chi connectivity index (χ0v) is 15.8. The first-order valence-electron chi connectivity index (χ1n) is 8.55. The van der Waals surface area contributed by atoms with Crippen LogP contribution >= 0.6 is 0 Å². The molecule has 7 nitrogen and oxygen atoms in total. The largest absolute Gasteiger partial charge is 0.497 e. The second kappa shape index (κ2) is 7.49. The van der Waals surface area contributed by atoms with Crippen LogP contribution in [0.5, 0.6) is 5.75 Å². The average Bonchev–Trinajstić information content (AvgIpc) is 3.15. The zero-order chi connectivity index (χ0) is 18.7. The minimum atomic E-state index is -3.02. The smallest absolute Gasteiger partial charge is 0.225 e. The Labute approximate surface area is 153 Å². The molecular weight excluding hydrogens is 354 g/mol. The van der Waals surface area contributed by atoms with E-state index in [4.69, 9.17) is 4.74 Å². The van der Waals surface area contributed by atoms with Gasteiger partial charge in [-0.3, -0.25) is 4.79 Å². The number of benzene rings is 1. The Kier molecular flexibility index (Phi) is 5.31. The van der Waals surface area contributed by atoms with Gasteiger partial charge >= 0.3 is 0 Å². The standard InChI is InChI=1S/C18H23N3O4S/c1-13-10-17(21(20-13)15-8-9-26(23,24)12-15)19-18(22)7-6-14-4-3-5-16(11-14)25-2/h3-5,10-11,15H,6-9,12H2,1-2H3,(H,19,22). The molecule has 140 valence electrons. The van der Waals surface area contributed by atoms with Gasteiger partial charge in [0, 0.05) is 12.5 Å². The van der Waals surface area contributed by atoms with Gasteiger partial charge in [-0.15, -0.1) is 0 Å². The van der Waals surface area contributed by atoms with Crippen LogP contribution < -0.4 is 10.1 Å². The minimum Gasteiger partial charge on any atom is -0.497 e. The highest BCUT2D eigenvalue weighted by Gasteiger charge is 2.31. The first-order chi connectivity index (χ1) is 12.4. The van der Waals surface area contributed by atoms with E-state index in [1.807, 2.05) is 31.2 Å². The van der Waals surface area contributed by atoms with E-state index in [1.54, 1.807) is 17.9 Å². The van der Waals surface area contributed by atoms with Crippen molar-refractivity contribution >= 4 is 21.6 Å². The van der Waals surface area contributed by atoms with Crippen LogP contribution in [0.25, 0.3) is 0 Å². The van der Waals surface area contributed by atoms with Crippen LogP contribution in [0.1, 0.15) is 30.1 Å². The number of anilines is 1. The van der Waals surface area contributed by atoms with Crippen molar-refractivity contribution in [2.45, 2.75) is 32.2 Å². The third kappa shape index (κ3) is 4.43. The predicted octanol–water partition coefficient (Wildman–Crippen LogP) is 2.13. The van der Waals surface area contributed by atoms with E-state index in [2.05, 4.69) is 10.4 Å². The normalized spacial score (nSPS) is 18.6. The lowest BCUT2D eigenvalue weighted by molar-refractivity contribution is -0.116. The van der Waals surface area contributed by atoms with E-state index >= 15 is 0 Å². The molecular formula is C18H23N3O4S. The van der Waals surface area contributed by atoms with Gasteiger partial charge < -0.3 is 10.1 Å². The maximum Gasteiger partial charge on any atom is 0.225 e. The first kappa shape index (κ1) is 18.4. The molecule has 1 saturated heterocycles. The second-order valence-corrected chi connectivity index (χ2v) is 8.80. The number of methoxy groups -OCH3 is 1. The number of sulfone groups is 1. The van der Waals surface area contributed by atoms with Crippen molar-refractivity contribution < 1.29 is 17.9 Å². The molecule has 8 heteroatoms. The van der Waals surface area contributed by atoms with Crippen molar-refractivity contribution in [2.24, 2.45) is 0 Å². The Morgan fingerprint density at radius 2 is 2.19 bits per heavy atom. The van der Waals surface area contributed by atoms with Crippen LogP contribution in [0.2, 0.25) is 0 Å². The molecule has 0 aliphatic carbocycles. The van der Waals surface area contributed by atoms with Gasteiger partial charge in [-0.05, 0) is 37.5 Å². The summed E-state index contributed by atoms with van der Waals surface area (Å²) in [7, 11) is -1.41. The molecule has 1 aromatic heterocycles. The fraction of sp³-hybridized carbons (Fsp3) is 0.444. The van der Waals surface area contributed by atoms with E-state index in [0.717, 1.165) is 17.0 Å². The monoisotopic (exact) mass is 377 g/mol. The van der Waals surface area contributed by atoms with Gasteiger partial charge in [0.2, 0.25) is 5.91 Å². The van der Waals surface area contributed by atoms with Gasteiger partial charge in [0.1, 0.15) is 11.6 Å². The topological polar surface area (TPSA) is 90.3 Å². The number of carbonyl (C=O) groups is 1. The number of nitrogens with one attached hydrogen (secondary N) is 1. The van der Waals surface area contributed by atoms with Crippen LogP contribution in [0.15, 0.2) is 30.3 Å². The van der Waals surface area contributed by atoms with Gasteiger partial charge in [-0.25, -0.2) is 13.1 Å². The van der Waals surface area contributed by atoms with Gasteiger partial charge in [0.25, 0.3) is 0 Å². The highest BCUT2D eigenvalue weighted by Crippen LogP contribution is 2.27. The number of hydrogen-bond acceptors (Lipinski definition) is 5. The molecule has 0 bridgehead atoms. The summed E-state index contributed by atoms with van der Waals surface area (Å²) in [6.45, 7) is 1.83. The third-order valence-corrected chi connectivity index (χ3v) is 6.20. The lowest BCUT2D eigenvalue weighted by Crippen LogP contribution is -2.19. The number of hydrogen-bond donors (Lipinski definition) is 1. The van der Waals surface area contributed by atoms with Gasteiger partial charge in [-0.1, -0.05) is 12.1 Å². The molecule has 2 aromatic rings. The summed E-state index contributed by atoms with van der Waals surface area (Å²) >= 11 is 0. The number of ether oxygens (including phenoxy) is 1. The molecule has 26 heavy (non-hydrogen) atoms. The zero-order valence-electron chi connectivity index (χ0n) is 14.9. The van der Waals surface area contributed by atoms with Crippen molar-refractivity contribution in [3.63, 3.8) is 0 Å². The van der Waals surface area contributed by atoms with Crippen molar-refractivity contribution in [1.82, 2.24) is 9.78 Å². The van der Waals surface area contributed by atoms with E-state index in [1.165, 1.54) is 0 Å². The molecule has 1 atom stereocenters. The molecule has 1 aliphatic heterocycles. The Morgan fingerprint density at radius 1 is 1.38 bits per heavy atom. The average molecular weight is 377 g/mol. The Hall–Kier alpha value is -2.35. The molecule has 1 amide bonds. The Bertz CT molecular complexity index is 905. The molecule has 1 aromatic carbocycles. The summed E-state index contributed by atoms with van der Waals surface area (Å²) in [5, 5.41) is 7.24. The van der Waals surface area contributed by atoms with Crippen molar-refractivity contribution in [1.29, 1.82) is 0 Å². The fourth-order valence-corrected chi connectivity index (χ4v) is 4.84. The van der Waals surface area contributed by atoms with E-state index < -0.39 is 9.84 Å². The Balaban J connectivity index is 1.64. The van der Waals surface area contributed by atoms with Crippen LogP contribution in [0, 0.1) is 6.92 Å². The molecule has 1 unspecified atom stereocenters. The quantitative estimate of drug-likeness (QED) is 0.833. The predicted molar refractivity (Wildman–Crippen MR) is 99.2 cm³/mol. The number of nitrogens with zero attached hydrogens (tertiary/aromatic N) is 2. The summed E-state index contributed by atoms with van der Waals surface area (Å²) in [6, 6.07) is 9.17. The maximum atomic E-state index is 12.3. The molecule has 0 spiro atoms. The minimum absolute atomic E-state index is 0.0702. The number of amides is 1. The first-order valence-corrected chi connectivity index (χ1v) is 10.4. The molecule has 1 aliphatic rings. The molecule has 0 saturated carbocycles. The Morgan fingerprint density at radius 3 is 2.88 bits per heavy atom. The lowest BCUT2D eigenvalue weighted by atomic mass is 10.1. The van der Waals surface area contributed by atoms with Crippen LogP contribution in [0.3, 0.4) is 0 Å². The lowest BCUT2D eigenvalue weighted by Gasteiger charge is -2.14. The molecule has 1 fully saturated rings. The summed E-state index contributed by atoms with van der Waals surface area (Å²) in [6.07, 6.45) is 1.43. The van der Waals surface area contributed by atoms with E-state index in [9.17, 15) is 13.2 Å². The number of rotatable bonds is 6. The van der Waals surface area contributed by atoms with Crippen LogP contribution in [-0.4, -0.2) is 42.7 Å². The summed E-state index contributed by atoms with van der Waals surface area (Å²) < 4.78 is 30.3. The highest BCUT2D eigenvalue weighted by molar-refractivity contribution is 7.91.